The number of carbonyl (C=O) groups excluding carboxylic acids is 2. The summed E-state index contributed by atoms with van der Waals surface area (Å²) < 4.78 is 4.89. The Balaban J connectivity index is 1.80. The molecule has 0 spiro atoms. The summed E-state index contributed by atoms with van der Waals surface area (Å²) in [7, 11) is 0. The van der Waals surface area contributed by atoms with Gasteiger partial charge in [0.15, 0.2) is 5.82 Å². The van der Waals surface area contributed by atoms with Gasteiger partial charge in [-0.2, -0.15) is 4.98 Å². The number of aryl methyl sites for hydroxylation is 1. The number of piperazine rings is 1. The standard InChI is InChI=1S/C12H16N4O3/c1-6-11(17)14-10(8-3-4-8)12(18)16(6)5-9-13-7(2)19-15-9/h6,8,10H,3-5H2,1-2H3,(H,14,17). The molecule has 3 rings (SSSR count). The van der Waals surface area contributed by atoms with Crippen molar-refractivity contribution < 1.29 is 14.1 Å². The maximum Gasteiger partial charge on any atom is 0.246 e. The number of hydrogen-bond acceptors (Lipinski definition) is 5. The van der Waals surface area contributed by atoms with Gasteiger partial charge in [-0.25, -0.2) is 0 Å². The zero-order valence-corrected chi connectivity index (χ0v) is 10.9. The normalized spacial score (nSPS) is 27.6. The molecule has 0 aromatic carbocycles. The minimum absolute atomic E-state index is 0.0444. The topological polar surface area (TPSA) is 88.3 Å². The van der Waals surface area contributed by atoms with E-state index < -0.39 is 6.04 Å². The van der Waals surface area contributed by atoms with Crippen LogP contribution < -0.4 is 5.32 Å². The molecule has 2 fully saturated rings. The van der Waals surface area contributed by atoms with Crippen LogP contribution in [0.2, 0.25) is 0 Å². The number of hydrogen-bond donors (Lipinski definition) is 1. The second-order valence-electron chi connectivity index (χ2n) is 5.20. The lowest BCUT2D eigenvalue weighted by atomic mass is 10.0. The Morgan fingerprint density at radius 3 is 2.74 bits per heavy atom. The highest BCUT2D eigenvalue weighted by atomic mass is 16.5. The number of aromatic nitrogens is 2. The molecule has 1 aromatic rings. The molecular formula is C12H16N4O3. The van der Waals surface area contributed by atoms with Gasteiger partial charge in [-0.05, 0) is 25.7 Å². The van der Waals surface area contributed by atoms with Gasteiger partial charge in [-0.3, -0.25) is 9.59 Å². The summed E-state index contributed by atoms with van der Waals surface area (Å²) in [4.78, 5) is 29.9. The van der Waals surface area contributed by atoms with Crippen molar-refractivity contribution in [2.24, 2.45) is 5.92 Å². The van der Waals surface area contributed by atoms with Crippen LogP contribution in [0.25, 0.3) is 0 Å². The number of carbonyl (C=O) groups is 2. The summed E-state index contributed by atoms with van der Waals surface area (Å²) in [6.45, 7) is 3.62. The molecule has 1 saturated heterocycles. The lowest BCUT2D eigenvalue weighted by molar-refractivity contribution is -0.150. The van der Waals surface area contributed by atoms with Gasteiger partial charge >= 0.3 is 0 Å². The van der Waals surface area contributed by atoms with Gasteiger partial charge in [0.05, 0.1) is 6.54 Å². The first-order chi connectivity index (χ1) is 9.06. The Bertz CT molecular complexity index is 523. The lowest BCUT2D eigenvalue weighted by Crippen LogP contribution is -2.62. The van der Waals surface area contributed by atoms with Crippen LogP contribution in [-0.2, 0) is 16.1 Å². The van der Waals surface area contributed by atoms with Gasteiger partial charge in [0.2, 0.25) is 17.7 Å². The van der Waals surface area contributed by atoms with Crippen molar-refractivity contribution in [2.75, 3.05) is 0 Å². The molecule has 0 bridgehead atoms. The lowest BCUT2D eigenvalue weighted by Gasteiger charge is -2.36. The molecule has 1 aliphatic carbocycles. The maximum atomic E-state index is 12.4. The molecule has 1 aromatic heterocycles. The zero-order valence-electron chi connectivity index (χ0n) is 10.9. The molecule has 19 heavy (non-hydrogen) atoms. The largest absolute Gasteiger partial charge is 0.342 e. The molecule has 7 nitrogen and oxygen atoms in total. The van der Waals surface area contributed by atoms with Crippen LogP contribution in [0.1, 0.15) is 31.5 Å². The molecule has 2 heterocycles. The van der Waals surface area contributed by atoms with Crippen LogP contribution >= 0.6 is 0 Å². The zero-order chi connectivity index (χ0) is 13.6. The van der Waals surface area contributed by atoms with Gasteiger partial charge in [0.1, 0.15) is 12.1 Å². The second-order valence-corrected chi connectivity index (χ2v) is 5.20. The maximum absolute atomic E-state index is 12.4. The van der Waals surface area contributed by atoms with Gasteiger partial charge in [0.25, 0.3) is 0 Å². The summed E-state index contributed by atoms with van der Waals surface area (Å²) >= 11 is 0. The van der Waals surface area contributed by atoms with E-state index in [1.807, 2.05) is 0 Å². The van der Waals surface area contributed by atoms with Crippen LogP contribution in [0.3, 0.4) is 0 Å². The molecule has 102 valence electrons. The quantitative estimate of drug-likeness (QED) is 0.830. The van der Waals surface area contributed by atoms with E-state index in [1.54, 1.807) is 13.8 Å². The summed E-state index contributed by atoms with van der Waals surface area (Å²) in [5.74, 6) is 1.02. The highest BCUT2D eigenvalue weighted by molar-refractivity contribution is 5.97. The fourth-order valence-corrected chi connectivity index (χ4v) is 2.37. The van der Waals surface area contributed by atoms with E-state index in [1.165, 1.54) is 4.90 Å². The molecule has 2 atom stereocenters. The number of amides is 2. The predicted octanol–water partition coefficient (Wildman–Crippen LogP) is 0.00352. The molecule has 0 radical (unpaired) electrons. The van der Waals surface area contributed by atoms with Gasteiger partial charge in [-0.15, -0.1) is 0 Å². The van der Waals surface area contributed by atoms with Crippen molar-refractivity contribution in [1.29, 1.82) is 0 Å². The average molecular weight is 264 g/mol. The van der Waals surface area contributed by atoms with E-state index in [4.69, 9.17) is 4.52 Å². The molecule has 2 unspecified atom stereocenters. The number of nitrogens with one attached hydrogen (secondary N) is 1. The van der Waals surface area contributed by atoms with E-state index in [0.29, 0.717) is 17.6 Å². The molecule has 2 aliphatic rings. The Labute approximate surface area is 110 Å². The van der Waals surface area contributed by atoms with Crippen molar-refractivity contribution >= 4 is 11.8 Å². The third-order valence-corrected chi connectivity index (χ3v) is 3.67. The SMILES string of the molecule is Cc1nc(CN2C(=O)C(C3CC3)NC(=O)C2C)no1. The Kier molecular flexibility index (Phi) is 2.76. The van der Waals surface area contributed by atoms with Crippen molar-refractivity contribution in [1.82, 2.24) is 20.4 Å². The molecule has 7 heteroatoms. The molecular weight excluding hydrogens is 248 g/mol. The van der Waals surface area contributed by atoms with Crippen LogP contribution in [0, 0.1) is 12.8 Å². The van der Waals surface area contributed by atoms with E-state index >= 15 is 0 Å². The molecule has 1 N–H and O–H groups in total. The molecule has 2 amide bonds. The van der Waals surface area contributed by atoms with Crippen LogP contribution in [-0.4, -0.2) is 38.9 Å². The summed E-state index contributed by atoms with van der Waals surface area (Å²) in [6, 6.07) is -0.877. The first-order valence-corrected chi connectivity index (χ1v) is 6.46. The minimum atomic E-state index is -0.499. The second kappa shape index (κ2) is 4.32. The summed E-state index contributed by atoms with van der Waals surface area (Å²) in [6.07, 6.45) is 2.00. The van der Waals surface area contributed by atoms with Crippen molar-refractivity contribution in [3.63, 3.8) is 0 Å². The van der Waals surface area contributed by atoms with Gasteiger partial charge in [0, 0.05) is 6.92 Å². The van der Waals surface area contributed by atoms with E-state index in [2.05, 4.69) is 15.5 Å². The first kappa shape index (κ1) is 12.1. The van der Waals surface area contributed by atoms with E-state index in [0.717, 1.165) is 12.8 Å². The van der Waals surface area contributed by atoms with Crippen LogP contribution in [0.5, 0.6) is 0 Å². The third kappa shape index (κ3) is 2.20. The van der Waals surface area contributed by atoms with E-state index in [9.17, 15) is 9.59 Å². The fourth-order valence-electron chi connectivity index (χ4n) is 2.37. The Morgan fingerprint density at radius 1 is 1.42 bits per heavy atom. The van der Waals surface area contributed by atoms with E-state index in [-0.39, 0.29) is 24.4 Å². The summed E-state index contributed by atoms with van der Waals surface area (Å²) in [5, 5.41) is 6.58. The van der Waals surface area contributed by atoms with Crippen molar-refractivity contribution in [3.8, 4) is 0 Å². The number of rotatable bonds is 3. The van der Waals surface area contributed by atoms with Crippen molar-refractivity contribution in [3.05, 3.63) is 11.7 Å². The van der Waals surface area contributed by atoms with Crippen molar-refractivity contribution in [2.45, 2.75) is 45.3 Å². The Hall–Kier alpha value is -1.92. The number of nitrogens with zero attached hydrogens (tertiary/aromatic N) is 3. The molecule has 1 aliphatic heterocycles. The third-order valence-electron chi connectivity index (χ3n) is 3.67. The Morgan fingerprint density at radius 2 is 2.16 bits per heavy atom. The van der Waals surface area contributed by atoms with Crippen LogP contribution in [0.15, 0.2) is 4.52 Å². The monoisotopic (exact) mass is 264 g/mol. The first-order valence-electron chi connectivity index (χ1n) is 6.46. The van der Waals surface area contributed by atoms with Crippen LogP contribution in [0.4, 0.5) is 0 Å². The van der Waals surface area contributed by atoms with Gasteiger partial charge < -0.3 is 14.7 Å². The molecule has 1 saturated carbocycles. The predicted molar refractivity (Wildman–Crippen MR) is 63.7 cm³/mol. The highest BCUT2D eigenvalue weighted by Gasteiger charge is 2.45. The minimum Gasteiger partial charge on any atom is -0.342 e. The van der Waals surface area contributed by atoms with Gasteiger partial charge in [-0.1, -0.05) is 5.16 Å². The average Bonchev–Trinajstić information content (AvgIpc) is 3.13. The smallest absolute Gasteiger partial charge is 0.246 e. The summed E-state index contributed by atoms with van der Waals surface area (Å²) in [5.41, 5.74) is 0. The fraction of sp³-hybridized carbons (Fsp3) is 0.667. The highest BCUT2D eigenvalue weighted by Crippen LogP contribution is 2.35.